The number of aromatic nitrogens is 2. The van der Waals surface area contributed by atoms with Gasteiger partial charge in [0, 0.05) is 6.07 Å². The molecule has 0 saturated carbocycles. The zero-order valence-corrected chi connectivity index (χ0v) is 6.57. The van der Waals surface area contributed by atoms with Crippen molar-refractivity contribution >= 4 is 11.0 Å². The van der Waals surface area contributed by atoms with Gasteiger partial charge >= 0.3 is 0 Å². The molecular formula is C8H8N2O2. The van der Waals surface area contributed by atoms with Crippen LogP contribution in [0.4, 0.5) is 0 Å². The Kier molecular flexibility index (Phi) is 1.40. The van der Waals surface area contributed by atoms with Gasteiger partial charge in [0.05, 0.1) is 19.5 Å². The number of fused-ring (bicyclic) bond motifs is 1. The topological polar surface area (TPSA) is 52.0 Å². The molecule has 2 heterocycles. The fourth-order valence-corrected chi connectivity index (χ4v) is 1.22. The van der Waals surface area contributed by atoms with E-state index < -0.39 is 0 Å². The minimum absolute atomic E-state index is 0.523. The van der Waals surface area contributed by atoms with Crippen LogP contribution in [-0.4, -0.2) is 12.1 Å². The minimum atomic E-state index is 0.523. The second kappa shape index (κ2) is 2.41. The third kappa shape index (κ3) is 0.812. The first-order valence-corrected chi connectivity index (χ1v) is 3.56. The molecule has 0 aliphatic heterocycles. The van der Waals surface area contributed by atoms with Crippen LogP contribution in [-0.2, 0) is 0 Å². The second-order valence-electron chi connectivity index (χ2n) is 2.45. The number of H-pyrrole nitrogens is 1. The van der Waals surface area contributed by atoms with Crippen LogP contribution in [0.3, 0.4) is 0 Å². The highest BCUT2D eigenvalue weighted by Crippen LogP contribution is 2.20. The first kappa shape index (κ1) is 6.97. The Bertz CT molecular complexity index is 408. The van der Waals surface area contributed by atoms with Gasteiger partial charge in [-0.05, 0) is 6.07 Å². The smallest absolute Gasteiger partial charge is 0.293 e. The Labute approximate surface area is 69.0 Å². The van der Waals surface area contributed by atoms with Gasteiger partial charge in [0.15, 0.2) is 0 Å². The molecule has 0 amide bonds. The maximum atomic E-state index is 11.1. The Hall–Kier alpha value is -1.71. The van der Waals surface area contributed by atoms with Gasteiger partial charge in [0.25, 0.3) is 5.65 Å². The van der Waals surface area contributed by atoms with Crippen LogP contribution in [0.1, 0.15) is 0 Å². The highest BCUT2D eigenvalue weighted by molar-refractivity contribution is 5.79. The standard InChI is InChI=1S/C8H8N2O2/c1-12-7-3-5-10(11)8-6(7)2-4-9-8/h2-5,9H,1H3. The van der Waals surface area contributed by atoms with E-state index in [0.29, 0.717) is 11.4 Å². The number of nitrogens with zero attached hydrogens (tertiary/aromatic N) is 1. The quantitative estimate of drug-likeness (QED) is 0.501. The molecule has 0 aliphatic carbocycles. The van der Waals surface area contributed by atoms with E-state index in [2.05, 4.69) is 4.98 Å². The fourth-order valence-electron chi connectivity index (χ4n) is 1.22. The highest BCUT2D eigenvalue weighted by Gasteiger charge is 2.07. The number of aromatic amines is 1. The molecule has 0 fully saturated rings. The molecule has 2 rings (SSSR count). The average Bonchev–Trinajstić information content (AvgIpc) is 2.54. The van der Waals surface area contributed by atoms with Crippen LogP contribution in [0.25, 0.3) is 11.0 Å². The number of ether oxygens (including phenoxy) is 1. The van der Waals surface area contributed by atoms with Crippen LogP contribution in [0.2, 0.25) is 0 Å². The van der Waals surface area contributed by atoms with Crippen LogP contribution >= 0.6 is 0 Å². The Balaban J connectivity index is 2.82. The molecule has 62 valence electrons. The van der Waals surface area contributed by atoms with Gasteiger partial charge in [0.1, 0.15) is 11.1 Å². The zero-order chi connectivity index (χ0) is 8.55. The Morgan fingerprint density at radius 1 is 1.50 bits per heavy atom. The molecule has 0 bridgehead atoms. The van der Waals surface area contributed by atoms with E-state index >= 15 is 0 Å². The summed E-state index contributed by atoms with van der Waals surface area (Å²) in [5, 5.41) is 11.9. The van der Waals surface area contributed by atoms with Crippen molar-refractivity contribution < 1.29 is 9.47 Å². The maximum Gasteiger partial charge on any atom is 0.293 e. The van der Waals surface area contributed by atoms with Gasteiger partial charge < -0.3 is 9.94 Å². The van der Waals surface area contributed by atoms with Crippen LogP contribution < -0.4 is 9.47 Å². The lowest BCUT2D eigenvalue weighted by atomic mass is 10.3. The van der Waals surface area contributed by atoms with E-state index in [9.17, 15) is 5.21 Å². The number of hydrogen-bond donors (Lipinski definition) is 1. The molecule has 0 aromatic carbocycles. The lowest BCUT2D eigenvalue weighted by molar-refractivity contribution is -0.579. The van der Waals surface area contributed by atoms with Gasteiger partial charge in [-0.25, -0.2) is 9.71 Å². The molecule has 0 radical (unpaired) electrons. The van der Waals surface area contributed by atoms with Crippen LogP contribution in [0.15, 0.2) is 24.5 Å². The van der Waals surface area contributed by atoms with E-state index in [1.165, 1.54) is 6.20 Å². The average molecular weight is 164 g/mol. The predicted octanol–water partition coefficient (Wildman–Crippen LogP) is 0.810. The number of hydrogen-bond acceptors (Lipinski definition) is 2. The summed E-state index contributed by atoms with van der Waals surface area (Å²) in [6, 6.07) is 3.45. The van der Waals surface area contributed by atoms with Crippen molar-refractivity contribution in [2.24, 2.45) is 0 Å². The van der Waals surface area contributed by atoms with E-state index in [0.717, 1.165) is 10.1 Å². The zero-order valence-electron chi connectivity index (χ0n) is 6.57. The molecule has 4 nitrogen and oxygen atoms in total. The molecule has 0 spiro atoms. The second-order valence-corrected chi connectivity index (χ2v) is 2.45. The molecule has 0 atom stereocenters. The first-order valence-electron chi connectivity index (χ1n) is 3.56. The maximum absolute atomic E-state index is 11.1. The molecule has 2 aromatic rings. The van der Waals surface area contributed by atoms with Crippen molar-refractivity contribution in [1.29, 1.82) is 0 Å². The lowest BCUT2D eigenvalue weighted by Gasteiger charge is -2.04. The van der Waals surface area contributed by atoms with E-state index in [1.807, 2.05) is 6.07 Å². The van der Waals surface area contributed by atoms with Crippen molar-refractivity contribution in [1.82, 2.24) is 4.98 Å². The number of pyridine rings is 1. The Morgan fingerprint density at radius 3 is 3.08 bits per heavy atom. The number of rotatable bonds is 1. The SMILES string of the molecule is COc1cc[n+]([O-])c2[nH]ccc12. The molecular weight excluding hydrogens is 156 g/mol. The summed E-state index contributed by atoms with van der Waals surface area (Å²) in [5.74, 6) is 0.707. The van der Waals surface area contributed by atoms with Crippen molar-refractivity contribution in [3.63, 3.8) is 0 Å². The summed E-state index contributed by atoms with van der Waals surface area (Å²) in [4.78, 5) is 2.83. The number of nitrogens with one attached hydrogen (secondary N) is 1. The van der Waals surface area contributed by atoms with Crippen LogP contribution in [0.5, 0.6) is 5.75 Å². The normalized spacial score (nSPS) is 10.4. The summed E-state index contributed by atoms with van der Waals surface area (Å²) < 4.78 is 5.84. The molecule has 0 aliphatic rings. The summed E-state index contributed by atoms with van der Waals surface area (Å²) in [6.07, 6.45) is 3.12. The van der Waals surface area contributed by atoms with Crippen molar-refractivity contribution in [3.05, 3.63) is 29.7 Å². The largest absolute Gasteiger partial charge is 0.711 e. The third-order valence-corrected chi connectivity index (χ3v) is 1.79. The molecule has 0 unspecified atom stereocenters. The van der Waals surface area contributed by atoms with Crippen molar-refractivity contribution in [2.75, 3.05) is 7.11 Å². The fraction of sp³-hybridized carbons (Fsp3) is 0.125. The van der Waals surface area contributed by atoms with E-state index in [1.54, 1.807) is 19.4 Å². The summed E-state index contributed by atoms with van der Waals surface area (Å²) >= 11 is 0. The van der Waals surface area contributed by atoms with Gasteiger partial charge in [-0.15, -0.1) is 0 Å². The Morgan fingerprint density at radius 2 is 2.33 bits per heavy atom. The van der Waals surface area contributed by atoms with Gasteiger partial charge in [-0.2, -0.15) is 0 Å². The minimum Gasteiger partial charge on any atom is -0.711 e. The molecule has 2 aromatic heterocycles. The number of methoxy groups -OCH3 is 1. The highest BCUT2D eigenvalue weighted by atomic mass is 16.5. The lowest BCUT2D eigenvalue weighted by Crippen LogP contribution is -2.26. The van der Waals surface area contributed by atoms with Crippen molar-refractivity contribution in [3.8, 4) is 5.75 Å². The van der Waals surface area contributed by atoms with Gasteiger partial charge in [-0.1, -0.05) is 0 Å². The van der Waals surface area contributed by atoms with Gasteiger partial charge in [-0.3, -0.25) is 0 Å². The molecule has 4 heteroatoms. The summed E-state index contributed by atoms with van der Waals surface area (Å²) in [5.41, 5.74) is 0.523. The summed E-state index contributed by atoms with van der Waals surface area (Å²) in [6.45, 7) is 0. The van der Waals surface area contributed by atoms with E-state index in [-0.39, 0.29) is 0 Å². The summed E-state index contributed by atoms with van der Waals surface area (Å²) in [7, 11) is 1.58. The molecule has 1 N–H and O–H groups in total. The molecule has 0 saturated heterocycles. The third-order valence-electron chi connectivity index (χ3n) is 1.79. The van der Waals surface area contributed by atoms with Crippen molar-refractivity contribution in [2.45, 2.75) is 0 Å². The van der Waals surface area contributed by atoms with Crippen LogP contribution in [0, 0.1) is 5.21 Å². The first-order chi connectivity index (χ1) is 5.83. The van der Waals surface area contributed by atoms with E-state index in [4.69, 9.17) is 4.74 Å². The predicted molar refractivity (Wildman–Crippen MR) is 43.8 cm³/mol. The monoisotopic (exact) mass is 164 g/mol. The molecule has 12 heavy (non-hydrogen) atoms. The van der Waals surface area contributed by atoms with Gasteiger partial charge in [0.2, 0.25) is 0 Å².